The van der Waals surface area contributed by atoms with Gasteiger partial charge in [-0.2, -0.15) is 0 Å². The van der Waals surface area contributed by atoms with E-state index in [0.29, 0.717) is 18.8 Å². The molecule has 116 valence electrons. The predicted molar refractivity (Wildman–Crippen MR) is 81.3 cm³/mol. The maximum absolute atomic E-state index is 12.4. The van der Waals surface area contributed by atoms with Gasteiger partial charge in [-0.15, -0.1) is 0 Å². The number of H-pyrrole nitrogens is 1. The molecule has 1 amide bonds. The molecular weight excluding hydrogens is 268 g/mol. The Morgan fingerprint density at radius 2 is 2.05 bits per heavy atom. The van der Waals surface area contributed by atoms with E-state index in [1.165, 1.54) is 31.9 Å². The zero-order valence-electron chi connectivity index (χ0n) is 12.7. The second-order valence-electron chi connectivity index (χ2n) is 5.44. The third-order valence-electron chi connectivity index (χ3n) is 3.94. The Bertz CT molecular complexity index is 486. The number of likely N-dealkylation sites (N-methyl/N-ethyl adjacent to an activating group) is 1. The molecule has 1 aliphatic heterocycles. The SMILES string of the molecule is CCN(CCN1CCCCCC1)C(=O)c1c[nH]c(=O)cn1. The summed E-state index contributed by atoms with van der Waals surface area (Å²) in [5.41, 5.74) is 0.00600. The van der Waals surface area contributed by atoms with Crippen LogP contribution in [0.3, 0.4) is 0 Å². The first-order valence-electron chi connectivity index (χ1n) is 7.77. The molecule has 0 spiro atoms. The monoisotopic (exact) mass is 292 g/mol. The Balaban J connectivity index is 1.90. The number of aromatic amines is 1. The Kier molecular flexibility index (Phi) is 5.92. The molecule has 0 atom stereocenters. The Morgan fingerprint density at radius 3 is 2.62 bits per heavy atom. The van der Waals surface area contributed by atoms with Crippen LogP contribution >= 0.6 is 0 Å². The van der Waals surface area contributed by atoms with Crippen molar-refractivity contribution in [2.75, 3.05) is 32.7 Å². The first-order valence-corrected chi connectivity index (χ1v) is 7.77. The number of hydrogen-bond donors (Lipinski definition) is 1. The molecule has 6 nitrogen and oxygen atoms in total. The third kappa shape index (κ3) is 4.67. The highest BCUT2D eigenvalue weighted by atomic mass is 16.2. The van der Waals surface area contributed by atoms with E-state index in [1.807, 2.05) is 6.92 Å². The van der Waals surface area contributed by atoms with Crippen molar-refractivity contribution in [2.24, 2.45) is 0 Å². The van der Waals surface area contributed by atoms with Gasteiger partial charge in [-0.25, -0.2) is 4.98 Å². The number of amides is 1. The second-order valence-corrected chi connectivity index (χ2v) is 5.44. The van der Waals surface area contributed by atoms with Crippen LogP contribution in [0.25, 0.3) is 0 Å². The Labute approximate surface area is 125 Å². The number of nitrogens with zero attached hydrogens (tertiary/aromatic N) is 3. The largest absolute Gasteiger partial charge is 0.336 e. The van der Waals surface area contributed by atoms with Gasteiger partial charge >= 0.3 is 0 Å². The van der Waals surface area contributed by atoms with Crippen LogP contribution in [0.15, 0.2) is 17.2 Å². The molecule has 1 aliphatic rings. The fourth-order valence-electron chi connectivity index (χ4n) is 2.65. The second kappa shape index (κ2) is 7.93. The van der Waals surface area contributed by atoms with E-state index in [9.17, 15) is 9.59 Å². The highest BCUT2D eigenvalue weighted by molar-refractivity contribution is 5.91. The summed E-state index contributed by atoms with van der Waals surface area (Å²) in [5.74, 6) is -0.122. The van der Waals surface area contributed by atoms with Crippen LogP contribution in [0.2, 0.25) is 0 Å². The number of carbonyl (C=O) groups excluding carboxylic acids is 1. The van der Waals surface area contributed by atoms with Gasteiger partial charge in [0.2, 0.25) is 0 Å². The van der Waals surface area contributed by atoms with Gasteiger partial charge in [-0.1, -0.05) is 12.8 Å². The molecule has 1 fully saturated rings. The minimum absolute atomic E-state index is 0.122. The van der Waals surface area contributed by atoms with E-state index in [-0.39, 0.29) is 11.5 Å². The molecule has 1 saturated heterocycles. The van der Waals surface area contributed by atoms with Gasteiger partial charge in [0.15, 0.2) is 0 Å². The quantitative estimate of drug-likeness (QED) is 0.882. The van der Waals surface area contributed by atoms with E-state index < -0.39 is 0 Å². The van der Waals surface area contributed by atoms with E-state index >= 15 is 0 Å². The van der Waals surface area contributed by atoms with Crippen LogP contribution in [-0.4, -0.2) is 58.4 Å². The zero-order valence-corrected chi connectivity index (χ0v) is 12.7. The smallest absolute Gasteiger partial charge is 0.274 e. The van der Waals surface area contributed by atoms with E-state index in [1.54, 1.807) is 4.90 Å². The molecule has 1 aromatic heterocycles. The first-order chi connectivity index (χ1) is 10.2. The number of nitrogens with one attached hydrogen (secondary N) is 1. The first kappa shape index (κ1) is 15.7. The minimum Gasteiger partial charge on any atom is -0.336 e. The molecular formula is C15H24N4O2. The van der Waals surface area contributed by atoms with Gasteiger partial charge in [0.1, 0.15) is 5.69 Å². The summed E-state index contributed by atoms with van der Waals surface area (Å²) < 4.78 is 0. The van der Waals surface area contributed by atoms with Crippen molar-refractivity contribution >= 4 is 5.91 Å². The molecule has 2 rings (SSSR count). The predicted octanol–water partition coefficient (Wildman–Crippen LogP) is 1.11. The summed E-state index contributed by atoms with van der Waals surface area (Å²) in [6.07, 6.45) is 7.67. The summed E-state index contributed by atoms with van der Waals surface area (Å²) in [5, 5.41) is 0. The molecule has 0 aromatic carbocycles. The van der Waals surface area contributed by atoms with Gasteiger partial charge in [0.25, 0.3) is 11.5 Å². The van der Waals surface area contributed by atoms with Crippen LogP contribution < -0.4 is 5.56 Å². The number of rotatable bonds is 5. The molecule has 0 radical (unpaired) electrons. The lowest BCUT2D eigenvalue weighted by Gasteiger charge is -2.25. The molecule has 0 aliphatic carbocycles. The van der Waals surface area contributed by atoms with Crippen LogP contribution in [0, 0.1) is 0 Å². The van der Waals surface area contributed by atoms with Gasteiger partial charge in [0, 0.05) is 25.8 Å². The molecule has 0 saturated carbocycles. The molecule has 1 aromatic rings. The molecule has 21 heavy (non-hydrogen) atoms. The summed E-state index contributed by atoms with van der Waals surface area (Å²) in [4.78, 5) is 34.0. The lowest BCUT2D eigenvalue weighted by atomic mass is 10.2. The number of hydrogen-bond acceptors (Lipinski definition) is 4. The van der Waals surface area contributed by atoms with Crippen molar-refractivity contribution in [3.05, 3.63) is 28.4 Å². The van der Waals surface area contributed by atoms with Crippen molar-refractivity contribution in [2.45, 2.75) is 32.6 Å². The van der Waals surface area contributed by atoms with E-state index in [0.717, 1.165) is 25.8 Å². The lowest BCUT2D eigenvalue weighted by molar-refractivity contribution is 0.0739. The van der Waals surface area contributed by atoms with Crippen molar-refractivity contribution in [1.29, 1.82) is 0 Å². The van der Waals surface area contributed by atoms with Crippen molar-refractivity contribution in [3.8, 4) is 0 Å². The molecule has 6 heteroatoms. The summed E-state index contributed by atoms with van der Waals surface area (Å²) >= 11 is 0. The number of aromatic nitrogens is 2. The fraction of sp³-hybridized carbons (Fsp3) is 0.667. The van der Waals surface area contributed by atoms with Crippen molar-refractivity contribution in [3.63, 3.8) is 0 Å². The van der Waals surface area contributed by atoms with E-state index in [2.05, 4.69) is 14.9 Å². The van der Waals surface area contributed by atoms with Crippen LogP contribution in [0.5, 0.6) is 0 Å². The standard InChI is InChI=1S/C15H24N4O2/c1-2-19(10-9-18-7-5-3-4-6-8-18)15(21)13-11-17-14(20)12-16-13/h11-12H,2-10H2,1H3,(H,17,20). The van der Waals surface area contributed by atoms with Crippen molar-refractivity contribution in [1.82, 2.24) is 19.8 Å². The maximum Gasteiger partial charge on any atom is 0.274 e. The molecule has 0 unspecified atom stereocenters. The highest BCUT2D eigenvalue weighted by Gasteiger charge is 2.17. The Hall–Kier alpha value is -1.69. The van der Waals surface area contributed by atoms with Gasteiger partial charge in [-0.3, -0.25) is 9.59 Å². The average Bonchev–Trinajstić information content (AvgIpc) is 2.77. The molecule has 1 N–H and O–H groups in total. The van der Waals surface area contributed by atoms with Gasteiger partial charge in [0.05, 0.1) is 6.20 Å². The number of likely N-dealkylation sites (tertiary alicyclic amines) is 1. The highest BCUT2D eigenvalue weighted by Crippen LogP contribution is 2.09. The normalized spacial score (nSPS) is 16.4. The lowest BCUT2D eigenvalue weighted by Crippen LogP contribution is -2.39. The fourth-order valence-corrected chi connectivity index (χ4v) is 2.65. The van der Waals surface area contributed by atoms with Gasteiger partial charge in [-0.05, 0) is 32.9 Å². The van der Waals surface area contributed by atoms with Crippen LogP contribution in [-0.2, 0) is 0 Å². The molecule has 0 bridgehead atoms. The summed E-state index contributed by atoms with van der Waals surface area (Å²) in [7, 11) is 0. The maximum atomic E-state index is 12.4. The summed E-state index contributed by atoms with van der Waals surface area (Å²) in [6.45, 7) is 6.48. The van der Waals surface area contributed by atoms with E-state index in [4.69, 9.17) is 0 Å². The Morgan fingerprint density at radius 1 is 1.33 bits per heavy atom. The zero-order chi connectivity index (χ0) is 15.1. The third-order valence-corrected chi connectivity index (χ3v) is 3.94. The van der Waals surface area contributed by atoms with Crippen LogP contribution in [0.1, 0.15) is 43.1 Å². The molecule has 2 heterocycles. The average molecular weight is 292 g/mol. The topological polar surface area (TPSA) is 69.3 Å². The van der Waals surface area contributed by atoms with Crippen molar-refractivity contribution < 1.29 is 4.79 Å². The minimum atomic E-state index is -0.292. The van der Waals surface area contributed by atoms with Gasteiger partial charge < -0.3 is 14.8 Å². The van der Waals surface area contributed by atoms with Crippen LogP contribution in [0.4, 0.5) is 0 Å². The number of carbonyl (C=O) groups is 1. The summed E-state index contributed by atoms with van der Waals surface area (Å²) in [6, 6.07) is 0.